The van der Waals surface area contributed by atoms with E-state index in [1.165, 1.54) is 4.88 Å². The molecule has 2 aromatic heterocycles. The van der Waals surface area contributed by atoms with Gasteiger partial charge in [0.2, 0.25) is 5.95 Å². The fourth-order valence-corrected chi connectivity index (χ4v) is 3.13. The van der Waals surface area contributed by atoms with Crippen LogP contribution in [0, 0.1) is 12.3 Å². The molecule has 0 radical (unpaired) electrons. The molecule has 6 heteroatoms. The van der Waals surface area contributed by atoms with Gasteiger partial charge in [0.25, 0.3) is 0 Å². The van der Waals surface area contributed by atoms with Crippen LogP contribution in [-0.4, -0.2) is 34.8 Å². The lowest BCUT2D eigenvalue weighted by Gasteiger charge is -2.14. The summed E-state index contributed by atoms with van der Waals surface area (Å²) < 4.78 is 0. The normalized spacial score (nSPS) is 16.4. The quantitative estimate of drug-likeness (QED) is 0.763. The predicted molar refractivity (Wildman–Crippen MR) is 83.6 cm³/mol. The lowest BCUT2D eigenvalue weighted by molar-refractivity contribution is 0.219. The Labute approximate surface area is 122 Å². The van der Waals surface area contributed by atoms with Crippen molar-refractivity contribution in [2.24, 2.45) is 5.41 Å². The Bertz CT molecular complexity index is 621. The van der Waals surface area contributed by atoms with Crippen molar-refractivity contribution in [3.8, 4) is 0 Å². The summed E-state index contributed by atoms with van der Waals surface area (Å²) in [6, 6.07) is 2.12. The van der Waals surface area contributed by atoms with Crippen molar-refractivity contribution in [1.29, 1.82) is 0 Å². The third-order valence-electron chi connectivity index (χ3n) is 3.77. The van der Waals surface area contributed by atoms with Crippen LogP contribution in [0.25, 0.3) is 10.2 Å². The summed E-state index contributed by atoms with van der Waals surface area (Å²) in [6.45, 7) is 5.94. The van der Waals surface area contributed by atoms with E-state index in [1.54, 1.807) is 11.3 Å². The maximum absolute atomic E-state index is 9.41. The molecule has 3 N–H and O–H groups in total. The molecule has 5 nitrogen and oxygen atoms in total. The Hall–Kier alpha value is -1.40. The Morgan fingerprint density at radius 3 is 2.80 bits per heavy atom. The molecule has 0 bridgehead atoms. The molecule has 108 valence electrons. The van der Waals surface area contributed by atoms with Crippen LogP contribution in [0.4, 0.5) is 11.8 Å². The third-order valence-corrected chi connectivity index (χ3v) is 4.72. The van der Waals surface area contributed by atoms with Gasteiger partial charge in [0.15, 0.2) is 0 Å². The number of rotatable bonds is 6. The van der Waals surface area contributed by atoms with Crippen molar-refractivity contribution >= 4 is 33.3 Å². The molecule has 3 rings (SSSR count). The first kappa shape index (κ1) is 13.6. The number of nitrogens with one attached hydrogen (secondary N) is 2. The molecule has 0 saturated heterocycles. The molecule has 1 fully saturated rings. The van der Waals surface area contributed by atoms with Crippen molar-refractivity contribution in [2.45, 2.75) is 26.7 Å². The van der Waals surface area contributed by atoms with Crippen LogP contribution in [-0.2, 0) is 0 Å². The van der Waals surface area contributed by atoms with Crippen LogP contribution in [0.3, 0.4) is 0 Å². The van der Waals surface area contributed by atoms with Gasteiger partial charge in [0.05, 0.1) is 12.0 Å². The van der Waals surface area contributed by atoms with Crippen molar-refractivity contribution in [2.75, 3.05) is 30.3 Å². The number of fused-ring (bicyclic) bond motifs is 1. The van der Waals surface area contributed by atoms with Gasteiger partial charge in [-0.2, -0.15) is 4.98 Å². The van der Waals surface area contributed by atoms with Gasteiger partial charge >= 0.3 is 0 Å². The van der Waals surface area contributed by atoms with Gasteiger partial charge in [-0.3, -0.25) is 0 Å². The van der Waals surface area contributed by atoms with Gasteiger partial charge in [-0.25, -0.2) is 4.98 Å². The van der Waals surface area contributed by atoms with E-state index < -0.39 is 0 Å². The minimum atomic E-state index is 0.0701. The molecular formula is C14H20N4OS. The number of aromatic nitrogens is 2. The van der Waals surface area contributed by atoms with Gasteiger partial charge in [-0.05, 0) is 32.8 Å². The summed E-state index contributed by atoms with van der Waals surface area (Å²) >= 11 is 1.68. The van der Waals surface area contributed by atoms with E-state index in [0.717, 1.165) is 42.0 Å². The maximum Gasteiger partial charge on any atom is 0.226 e. The molecule has 1 aliphatic carbocycles. The SMILES string of the molecule is CCNc1nc(NCC2(CO)CC2)c2cc(C)sc2n1. The minimum Gasteiger partial charge on any atom is -0.396 e. The van der Waals surface area contributed by atoms with E-state index >= 15 is 0 Å². The van der Waals surface area contributed by atoms with E-state index in [4.69, 9.17) is 0 Å². The molecular weight excluding hydrogens is 272 g/mol. The summed E-state index contributed by atoms with van der Waals surface area (Å²) in [6.07, 6.45) is 2.18. The lowest BCUT2D eigenvalue weighted by atomic mass is 10.1. The Kier molecular flexibility index (Phi) is 3.52. The second-order valence-corrected chi connectivity index (χ2v) is 6.75. The molecule has 1 aliphatic rings. The number of nitrogens with zero attached hydrogens (tertiary/aromatic N) is 2. The summed E-state index contributed by atoms with van der Waals surface area (Å²) in [5.74, 6) is 1.54. The first-order valence-corrected chi connectivity index (χ1v) is 7.84. The first-order chi connectivity index (χ1) is 9.65. The molecule has 0 spiro atoms. The number of hydrogen-bond acceptors (Lipinski definition) is 6. The van der Waals surface area contributed by atoms with Crippen LogP contribution in [0.1, 0.15) is 24.6 Å². The molecule has 20 heavy (non-hydrogen) atoms. The van der Waals surface area contributed by atoms with Gasteiger partial charge in [-0.1, -0.05) is 0 Å². The van der Waals surface area contributed by atoms with Gasteiger partial charge in [-0.15, -0.1) is 11.3 Å². The predicted octanol–water partition coefficient (Wildman–Crippen LogP) is 2.62. The number of aliphatic hydroxyl groups is 1. The second-order valence-electron chi connectivity index (χ2n) is 5.51. The lowest BCUT2D eigenvalue weighted by Crippen LogP contribution is -2.20. The summed E-state index contributed by atoms with van der Waals surface area (Å²) in [5, 5.41) is 17.1. The Morgan fingerprint density at radius 2 is 2.15 bits per heavy atom. The summed E-state index contributed by atoms with van der Waals surface area (Å²) in [7, 11) is 0. The monoisotopic (exact) mass is 292 g/mol. The number of hydrogen-bond donors (Lipinski definition) is 3. The zero-order valence-corrected chi connectivity index (χ0v) is 12.7. The topological polar surface area (TPSA) is 70.1 Å². The van der Waals surface area contributed by atoms with E-state index in [0.29, 0.717) is 5.95 Å². The fraction of sp³-hybridized carbons (Fsp3) is 0.571. The molecule has 0 unspecified atom stereocenters. The van der Waals surface area contributed by atoms with Crippen LogP contribution in [0.2, 0.25) is 0 Å². The first-order valence-electron chi connectivity index (χ1n) is 7.02. The van der Waals surface area contributed by atoms with E-state index in [1.807, 2.05) is 6.92 Å². The largest absolute Gasteiger partial charge is 0.396 e. The standard InChI is InChI=1S/C14H20N4OS/c1-3-15-13-17-11(16-7-14(8-19)4-5-14)10-6-9(2)20-12(10)18-13/h6,19H,3-5,7-8H2,1-2H3,(H2,15,16,17,18). The van der Waals surface area contributed by atoms with Crippen LogP contribution in [0.5, 0.6) is 0 Å². The van der Waals surface area contributed by atoms with Crippen LogP contribution >= 0.6 is 11.3 Å². The van der Waals surface area contributed by atoms with Crippen molar-refractivity contribution in [3.63, 3.8) is 0 Å². The number of thiophene rings is 1. The zero-order valence-electron chi connectivity index (χ0n) is 11.9. The Morgan fingerprint density at radius 1 is 1.35 bits per heavy atom. The van der Waals surface area contributed by atoms with Crippen molar-refractivity contribution in [3.05, 3.63) is 10.9 Å². The van der Waals surface area contributed by atoms with Gasteiger partial charge in [0.1, 0.15) is 10.6 Å². The highest BCUT2D eigenvalue weighted by molar-refractivity contribution is 7.18. The van der Waals surface area contributed by atoms with Crippen LogP contribution < -0.4 is 10.6 Å². The van der Waals surface area contributed by atoms with Crippen molar-refractivity contribution < 1.29 is 5.11 Å². The average molecular weight is 292 g/mol. The number of aliphatic hydroxyl groups excluding tert-OH is 1. The highest BCUT2D eigenvalue weighted by Gasteiger charge is 2.41. The molecule has 0 aliphatic heterocycles. The highest BCUT2D eigenvalue weighted by Crippen LogP contribution is 2.45. The summed E-state index contributed by atoms with van der Waals surface area (Å²) in [4.78, 5) is 11.3. The Balaban J connectivity index is 1.90. The minimum absolute atomic E-state index is 0.0701. The molecule has 0 aromatic carbocycles. The van der Waals surface area contributed by atoms with Crippen molar-refractivity contribution in [1.82, 2.24) is 9.97 Å². The fourth-order valence-electron chi connectivity index (χ4n) is 2.25. The highest BCUT2D eigenvalue weighted by atomic mass is 32.1. The summed E-state index contributed by atoms with van der Waals surface area (Å²) in [5.41, 5.74) is 0.0701. The van der Waals surface area contributed by atoms with E-state index in [-0.39, 0.29) is 12.0 Å². The number of aryl methyl sites for hydroxylation is 1. The molecule has 0 atom stereocenters. The van der Waals surface area contributed by atoms with Gasteiger partial charge in [0, 0.05) is 23.4 Å². The molecule has 2 aromatic rings. The average Bonchev–Trinajstić information content (AvgIpc) is 3.11. The third kappa shape index (κ3) is 2.58. The smallest absolute Gasteiger partial charge is 0.226 e. The second kappa shape index (κ2) is 5.18. The van der Waals surface area contributed by atoms with Gasteiger partial charge < -0.3 is 15.7 Å². The van der Waals surface area contributed by atoms with Crippen LogP contribution in [0.15, 0.2) is 6.07 Å². The molecule has 2 heterocycles. The molecule has 1 saturated carbocycles. The zero-order chi connectivity index (χ0) is 14.2. The number of anilines is 2. The molecule has 0 amide bonds. The van der Waals surface area contributed by atoms with E-state index in [9.17, 15) is 5.11 Å². The maximum atomic E-state index is 9.41. The van der Waals surface area contributed by atoms with E-state index in [2.05, 4.69) is 33.6 Å².